The van der Waals surface area contributed by atoms with Gasteiger partial charge in [0, 0.05) is 24.3 Å². The molecule has 0 saturated carbocycles. The van der Waals surface area contributed by atoms with E-state index in [1.54, 1.807) is 4.90 Å². The number of aliphatic carboxylic acids is 1. The lowest BCUT2D eigenvalue weighted by molar-refractivity contribution is -0.148. The number of fused-ring (bicyclic) bond motifs is 2. The molecule has 3 aliphatic rings. The van der Waals surface area contributed by atoms with Gasteiger partial charge >= 0.3 is 5.97 Å². The summed E-state index contributed by atoms with van der Waals surface area (Å²) in [6.45, 7) is 0. The molecule has 3 rings (SSSR count). The molecule has 1 amide bonds. The van der Waals surface area contributed by atoms with Gasteiger partial charge < -0.3 is 15.3 Å². The summed E-state index contributed by atoms with van der Waals surface area (Å²) >= 11 is 1.53. The third-order valence-electron chi connectivity index (χ3n) is 4.52. The second kappa shape index (κ2) is 5.32. The SMILES string of the molecule is O=C(O)[C@@H]1CSCN1C(=O)CC1CC2CCC(C1)N2. The number of carboxylic acid groups (broad SMARTS) is 1. The van der Waals surface area contributed by atoms with Gasteiger partial charge in [-0.25, -0.2) is 4.79 Å². The first-order valence-electron chi connectivity index (χ1n) is 6.99. The number of carboxylic acids is 1. The zero-order valence-electron chi connectivity index (χ0n) is 10.9. The van der Waals surface area contributed by atoms with Crippen molar-refractivity contribution >= 4 is 23.6 Å². The van der Waals surface area contributed by atoms with Crippen LogP contribution in [0.3, 0.4) is 0 Å². The van der Waals surface area contributed by atoms with Crippen LogP contribution >= 0.6 is 11.8 Å². The van der Waals surface area contributed by atoms with E-state index in [9.17, 15) is 9.59 Å². The molecule has 0 radical (unpaired) electrons. The number of nitrogens with one attached hydrogen (secondary N) is 1. The quantitative estimate of drug-likeness (QED) is 0.805. The summed E-state index contributed by atoms with van der Waals surface area (Å²) in [6.07, 6.45) is 5.13. The molecule has 106 valence electrons. The molecule has 0 spiro atoms. The molecule has 3 heterocycles. The number of hydrogen-bond acceptors (Lipinski definition) is 4. The van der Waals surface area contributed by atoms with Gasteiger partial charge in [0.2, 0.25) is 5.91 Å². The molecule has 3 fully saturated rings. The van der Waals surface area contributed by atoms with Gasteiger partial charge in [0.1, 0.15) is 6.04 Å². The van der Waals surface area contributed by atoms with Crippen LogP contribution in [-0.4, -0.2) is 51.6 Å². The van der Waals surface area contributed by atoms with Crippen LogP contribution in [0.15, 0.2) is 0 Å². The van der Waals surface area contributed by atoms with E-state index in [1.807, 2.05) is 0 Å². The van der Waals surface area contributed by atoms with Gasteiger partial charge in [-0.1, -0.05) is 0 Å². The molecule has 2 bridgehead atoms. The number of rotatable bonds is 3. The van der Waals surface area contributed by atoms with Crippen molar-refractivity contribution in [1.82, 2.24) is 10.2 Å². The Bertz CT molecular complexity index is 378. The Balaban J connectivity index is 1.57. The first-order valence-corrected chi connectivity index (χ1v) is 8.15. The number of thioether (sulfide) groups is 1. The smallest absolute Gasteiger partial charge is 0.327 e. The van der Waals surface area contributed by atoms with Gasteiger partial charge in [-0.15, -0.1) is 11.8 Å². The third-order valence-corrected chi connectivity index (χ3v) is 5.53. The Labute approximate surface area is 117 Å². The highest BCUT2D eigenvalue weighted by atomic mass is 32.2. The van der Waals surface area contributed by atoms with Crippen molar-refractivity contribution in [2.24, 2.45) is 5.92 Å². The number of carbonyl (C=O) groups excluding carboxylic acids is 1. The monoisotopic (exact) mass is 284 g/mol. The lowest BCUT2D eigenvalue weighted by Crippen LogP contribution is -2.44. The van der Waals surface area contributed by atoms with Gasteiger partial charge in [0.25, 0.3) is 0 Å². The molecule has 0 aliphatic carbocycles. The number of carbonyl (C=O) groups is 2. The number of piperidine rings is 1. The van der Waals surface area contributed by atoms with Crippen LogP contribution in [0.2, 0.25) is 0 Å². The molecule has 3 aliphatic heterocycles. The topological polar surface area (TPSA) is 69.6 Å². The van der Waals surface area contributed by atoms with E-state index < -0.39 is 12.0 Å². The Hall–Kier alpha value is -0.750. The first kappa shape index (κ1) is 13.2. The van der Waals surface area contributed by atoms with E-state index in [-0.39, 0.29) is 5.91 Å². The molecule has 2 N–H and O–H groups in total. The largest absolute Gasteiger partial charge is 0.480 e. The fraction of sp³-hybridized carbons (Fsp3) is 0.846. The molecule has 6 heteroatoms. The van der Waals surface area contributed by atoms with E-state index in [4.69, 9.17) is 5.11 Å². The summed E-state index contributed by atoms with van der Waals surface area (Å²) in [5.74, 6) is 0.658. The standard InChI is InChI=1S/C13H20N2O3S/c16-12(15-7-19-6-11(15)13(17)18)5-8-3-9-1-2-10(4-8)14-9/h8-11,14H,1-7H2,(H,17,18)/t8?,9?,10?,11-/m0/s1. The minimum absolute atomic E-state index is 0.0312. The number of hydrogen-bond donors (Lipinski definition) is 2. The summed E-state index contributed by atoms with van der Waals surface area (Å²) in [5.41, 5.74) is 0. The van der Waals surface area contributed by atoms with Crippen LogP contribution in [0, 0.1) is 5.92 Å². The average Bonchev–Trinajstić information content (AvgIpc) is 2.96. The first-order chi connectivity index (χ1) is 9.13. The maximum Gasteiger partial charge on any atom is 0.327 e. The summed E-state index contributed by atoms with van der Waals surface area (Å²) < 4.78 is 0. The molecule has 0 aromatic rings. The fourth-order valence-electron chi connectivity index (χ4n) is 3.60. The van der Waals surface area contributed by atoms with Crippen molar-refractivity contribution in [3.05, 3.63) is 0 Å². The van der Waals surface area contributed by atoms with Crippen molar-refractivity contribution < 1.29 is 14.7 Å². The average molecular weight is 284 g/mol. The second-order valence-electron chi connectivity index (χ2n) is 5.90. The molecule has 3 atom stereocenters. The Kier molecular flexibility index (Phi) is 3.71. The molecule has 3 saturated heterocycles. The highest BCUT2D eigenvalue weighted by Crippen LogP contribution is 2.33. The summed E-state index contributed by atoms with van der Waals surface area (Å²) in [5, 5.41) is 12.7. The van der Waals surface area contributed by atoms with Gasteiger partial charge in [-0.05, 0) is 31.6 Å². The highest BCUT2D eigenvalue weighted by molar-refractivity contribution is 7.99. The van der Waals surface area contributed by atoms with E-state index >= 15 is 0 Å². The molecule has 0 aromatic carbocycles. The van der Waals surface area contributed by atoms with E-state index in [1.165, 1.54) is 24.6 Å². The fourth-order valence-corrected chi connectivity index (χ4v) is 4.77. The zero-order chi connectivity index (χ0) is 13.4. The van der Waals surface area contributed by atoms with Crippen LogP contribution in [0.1, 0.15) is 32.1 Å². The summed E-state index contributed by atoms with van der Waals surface area (Å²) in [4.78, 5) is 24.9. The van der Waals surface area contributed by atoms with E-state index in [2.05, 4.69) is 5.32 Å². The predicted molar refractivity (Wildman–Crippen MR) is 72.9 cm³/mol. The minimum Gasteiger partial charge on any atom is -0.480 e. The van der Waals surface area contributed by atoms with Gasteiger partial charge in [0.05, 0.1) is 5.88 Å². The lowest BCUT2D eigenvalue weighted by Gasteiger charge is -2.30. The second-order valence-corrected chi connectivity index (χ2v) is 6.90. The molecule has 0 aromatic heterocycles. The highest BCUT2D eigenvalue weighted by Gasteiger charge is 2.38. The molecular formula is C13H20N2O3S. The summed E-state index contributed by atoms with van der Waals surface area (Å²) in [6, 6.07) is 0.551. The van der Waals surface area contributed by atoms with Crippen LogP contribution in [0.25, 0.3) is 0 Å². The summed E-state index contributed by atoms with van der Waals surface area (Å²) in [7, 11) is 0. The van der Waals surface area contributed by atoms with Gasteiger partial charge in [-0.3, -0.25) is 4.79 Å². The normalized spacial score (nSPS) is 37.6. The van der Waals surface area contributed by atoms with Crippen molar-refractivity contribution in [2.75, 3.05) is 11.6 Å². The Morgan fingerprint density at radius 3 is 2.58 bits per heavy atom. The van der Waals surface area contributed by atoms with Crippen molar-refractivity contribution in [3.8, 4) is 0 Å². The lowest BCUT2D eigenvalue weighted by atomic mass is 9.89. The van der Waals surface area contributed by atoms with Crippen LogP contribution in [-0.2, 0) is 9.59 Å². The van der Waals surface area contributed by atoms with E-state index in [0.717, 1.165) is 12.8 Å². The molecule has 19 heavy (non-hydrogen) atoms. The maximum atomic E-state index is 12.3. The Morgan fingerprint density at radius 1 is 1.26 bits per heavy atom. The van der Waals surface area contributed by atoms with Crippen molar-refractivity contribution in [1.29, 1.82) is 0 Å². The zero-order valence-corrected chi connectivity index (χ0v) is 11.7. The van der Waals surface area contributed by atoms with E-state index in [0.29, 0.717) is 36.1 Å². The molecule has 5 nitrogen and oxygen atoms in total. The third kappa shape index (κ3) is 2.74. The van der Waals surface area contributed by atoms with Crippen LogP contribution in [0.5, 0.6) is 0 Å². The minimum atomic E-state index is -0.872. The van der Waals surface area contributed by atoms with Crippen molar-refractivity contribution in [3.63, 3.8) is 0 Å². The van der Waals surface area contributed by atoms with Gasteiger partial charge in [-0.2, -0.15) is 0 Å². The number of amides is 1. The predicted octanol–water partition coefficient (Wildman–Crippen LogP) is 0.893. The maximum absolute atomic E-state index is 12.3. The van der Waals surface area contributed by atoms with Crippen molar-refractivity contribution in [2.45, 2.75) is 50.2 Å². The van der Waals surface area contributed by atoms with Gasteiger partial charge in [0.15, 0.2) is 0 Å². The molecule has 2 unspecified atom stereocenters. The number of nitrogens with zero attached hydrogens (tertiary/aromatic N) is 1. The van der Waals surface area contributed by atoms with Crippen LogP contribution in [0.4, 0.5) is 0 Å². The molecular weight excluding hydrogens is 264 g/mol. The van der Waals surface area contributed by atoms with Crippen LogP contribution < -0.4 is 5.32 Å². The Morgan fingerprint density at radius 2 is 1.95 bits per heavy atom.